The van der Waals surface area contributed by atoms with E-state index >= 15 is 0 Å². The van der Waals surface area contributed by atoms with Crippen LogP contribution in [0.3, 0.4) is 0 Å². The number of hydrogen-bond donors (Lipinski definition) is 1. The van der Waals surface area contributed by atoms with Crippen LogP contribution in [0.5, 0.6) is 0 Å². The van der Waals surface area contributed by atoms with Crippen molar-refractivity contribution in [2.24, 2.45) is 5.73 Å². The van der Waals surface area contributed by atoms with Crippen LogP contribution in [0.1, 0.15) is 12.8 Å². The molecule has 2 rings (SSSR count). The molecule has 0 bridgehead atoms. The summed E-state index contributed by atoms with van der Waals surface area (Å²) in [7, 11) is 0. The van der Waals surface area contributed by atoms with Gasteiger partial charge in [-0.05, 0) is 30.5 Å². The second-order valence-electron chi connectivity index (χ2n) is 3.90. The van der Waals surface area contributed by atoms with Gasteiger partial charge < -0.3 is 10.5 Å². The van der Waals surface area contributed by atoms with Crippen molar-refractivity contribution in [2.45, 2.75) is 23.8 Å². The molecule has 2 N–H and O–H groups in total. The molecule has 16 heavy (non-hydrogen) atoms. The first-order chi connectivity index (χ1) is 7.86. The fourth-order valence-corrected chi connectivity index (χ4v) is 2.60. The summed E-state index contributed by atoms with van der Waals surface area (Å²) in [5.41, 5.74) is 7.37. The van der Waals surface area contributed by atoms with Gasteiger partial charge in [-0.3, -0.25) is 0 Å². The normalized spacial score (nSPS) is 17.4. The SMILES string of the molecule is NC(CSc1ccccc1)C1=COCCC1. The smallest absolute Gasteiger partial charge is 0.0876 e. The molecule has 1 atom stereocenters. The second kappa shape index (κ2) is 5.97. The third-order valence-electron chi connectivity index (χ3n) is 2.61. The predicted octanol–water partition coefficient (Wildman–Crippen LogP) is 2.80. The van der Waals surface area contributed by atoms with E-state index in [1.54, 1.807) is 11.8 Å². The maximum atomic E-state index is 6.13. The van der Waals surface area contributed by atoms with Crippen LogP contribution in [0.4, 0.5) is 0 Å². The van der Waals surface area contributed by atoms with Crippen LogP contribution >= 0.6 is 11.8 Å². The summed E-state index contributed by atoms with van der Waals surface area (Å²) in [6.07, 6.45) is 4.02. The lowest BCUT2D eigenvalue weighted by molar-refractivity contribution is 0.222. The standard InChI is InChI=1S/C13H17NOS/c14-13(11-5-4-8-15-9-11)10-16-12-6-2-1-3-7-12/h1-3,6-7,9,13H,4-5,8,10,14H2. The Morgan fingerprint density at radius 2 is 2.12 bits per heavy atom. The van der Waals surface area contributed by atoms with Gasteiger partial charge in [-0.25, -0.2) is 0 Å². The molecule has 2 nitrogen and oxygen atoms in total. The molecular formula is C13H17NOS. The van der Waals surface area contributed by atoms with E-state index in [-0.39, 0.29) is 6.04 Å². The minimum Gasteiger partial charge on any atom is -0.501 e. The zero-order valence-corrected chi connectivity index (χ0v) is 10.1. The van der Waals surface area contributed by atoms with E-state index in [2.05, 4.69) is 24.3 Å². The van der Waals surface area contributed by atoms with E-state index in [1.807, 2.05) is 12.3 Å². The van der Waals surface area contributed by atoms with Gasteiger partial charge in [0.25, 0.3) is 0 Å². The lowest BCUT2D eigenvalue weighted by Gasteiger charge is -2.19. The van der Waals surface area contributed by atoms with E-state index in [9.17, 15) is 0 Å². The first-order valence-electron chi connectivity index (χ1n) is 5.60. The van der Waals surface area contributed by atoms with Crippen LogP contribution in [0, 0.1) is 0 Å². The average Bonchev–Trinajstić information content (AvgIpc) is 2.38. The van der Waals surface area contributed by atoms with Crippen molar-refractivity contribution in [1.82, 2.24) is 0 Å². The summed E-state index contributed by atoms with van der Waals surface area (Å²) in [5.74, 6) is 0.916. The zero-order valence-electron chi connectivity index (χ0n) is 9.26. The molecule has 0 spiro atoms. The largest absolute Gasteiger partial charge is 0.501 e. The van der Waals surface area contributed by atoms with Gasteiger partial charge in [0, 0.05) is 16.7 Å². The van der Waals surface area contributed by atoms with Gasteiger partial charge >= 0.3 is 0 Å². The lowest BCUT2D eigenvalue weighted by Crippen LogP contribution is -2.27. The van der Waals surface area contributed by atoms with Gasteiger partial charge in [-0.2, -0.15) is 0 Å². The van der Waals surface area contributed by atoms with Crippen molar-refractivity contribution >= 4 is 11.8 Å². The van der Waals surface area contributed by atoms with Gasteiger partial charge in [0.2, 0.25) is 0 Å². The summed E-state index contributed by atoms with van der Waals surface area (Å²) in [5, 5.41) is 0. The fourth-order valence-electron chi connectivity index (χ4n) is 1.67. The van der Waals surface area contributed by atoms with Crippen molar-refractivity contribution in [1.29, 1.82) is 0 Å². The molecule has 0 saturated carbocycles. The minimum atomic E-state index is 0.116. The molecule has 0 aromatic heterocycles. The van der Waals surface area contributed by atoms with Gasteiger partial charge in [-0.15, -0.1) is 11.8 Å². The zero-order chi connectivity index (χ0) is 11.2. The third-order valence-corrected chi connectivity index (χ3v) is 3.74. The number of rotatable bonds is 4. The Hall–Kier alpha value is -0.930. The first-order valence-corrected chi connectivity index (χ1v) is 6.59. The molecular weight excluding hydrogens is 218 g/mol. The van der Waals surface area contributed by atoms with Gasteiger partial charge in [0.1, 0.15) is 0 Å². The molecule has 1 heterocycles. The summed E-state index contributed by atoms with van der Waals surface area (Å²) in [6, 6.07) is 10.5. The number of thioether (sulfide) groups is 1. The summed E-state index contributed by atoms with van der Waals surface area (Å²) in [4.78, 5) is 1.27. The Morgan fingerprint density at radius 3 is 2.81 bits per heavy atom. The van der Waals surface area contributed by atoms with Crippen LogP contribution in [0.2, 0.25) is 0 Å². The van der Waals surface area contributed by atoms with Crippen LogP contribution in [-0.2, 0) is 4.74 Å². The van der Waals surface area contributed by atoms with Crippen molar-refractivity contribution in [2.75, 3.05) is 12.4 Å². The number of ether oxygens (including phenoxy) is 1. The third kappa shape index (κ3) is 3.29. The molecule has 0 fully saturated rings. The molecule has 86 valence electrons. The van der Waals surface area contributed by atoms with E-state index < -0.39 is 0 Å². The van der Waals surface area contributed by atoms with Crippen LogP contribution < -0.4 is 5.73 Å². The minimum absolute atomic E-state index is 0.116. The highest BCUT2D eigenvalue weighted by molar-refractivity contribution is 7.99. The first kappa shape index (κ1) is 11.6. The molecule has 1 aromatic rings. The van der Waals surface area contributed by atoms with Crippen LogP contribution in [0.15, 0.2) is 47.1 Å². The highest BCUT2D eigenvalue weighted by Gasteiger charge is 2.13. The highest BCUT2D eigenvalue weighted by atomic mass is 32.2. The van der Waals surface area contributed by atoms with Gasteiger partial charge in [0.05, 0.1) is 12.9 Å². The number of hydrogen-bond acceptors (Lipinski definition) is 3. The van der Waals surface area contributed by atoms with E-state index in [4.69, 9.17) is 10.5 Å². The maximum Gasteiger partial charge on any atom is 0.0876 e. The number of benzene rings is 1. The average molecular weight is 235 g/mol. The molecule has 1 aliphatic heterocycles. The van der Waals surface area contributed by atoms with Crippen molar-refractivity contribution in [3.8, 4) is 0 Å². The summed E-state index contributed by atoms with van der Waals surface area (Å²) >= 11 is 1.80. The van der Waals surface area contributed by atoms with Crippen LogP contribution in [0.25, 0.3) is 0 Å². The molecule has 3 heteroatoms. The second-order valence-corrected chi connectivity index (χ2v) is 4.99. The predicted molar refractivity (Wildman–Crippen MR) is 68.4 cm³/mol. The van der Waals surface area contributed by atoms with Crippen molar-refractivity contribution in [3.63, 3.8) is 0 Å². The van der Waals surface area contributed by atoms with E-state index in [0.717, 1.165) is 25.2 Å². The Kier molecular flexibility index (Phi) is 4.31. The van der Waals surface area contributed by atoms with Crippen molar-refractivity contribution < 1.29 is 4.74 Å². The summed E-state index contributed by atoms with van der Waals surface area (Å²) < 4.78 is 5.30. The highest BCUT2D eigenvalue weighted by Crippen LogP contribution is 2.22. The molecule has 0 amide bonds. The van der Waals surface area contributed by atoms with E-state index in [1.165, 1.54) is 10.5 Å². The molecule has 0 saturated heterocycles. The van der Waals surface area contributed by atoms with Crippen LogP contribution in [-0.4, -0.2) is 18.4 Å². The molecule has 1 aliphatic rings. The molecule has 0 aliphatic carbocycles. The number of nitrogens with two attached hydrogens (primary N) is 1. The van der Waals surface area contributed by atoms with Crippen molar-refractivity contribution in [3.05, 3.63) is 42.2 Å². The summed E-state index contributed by atoms with van der Waals surface area (Å²) in [6.45, 7) is 0.835. The van der Waals surface area contributed by atoms with Gasteiger partial charge in [-0.1, -0.05) is 18.2 Å². The Morgan fingerprint density at radius 1 is 1.31 bits per heavy atom. The Labute approximate surface area is 101 Å². The van der Waals surface area contributed by atoms with E-state index in [0.29, 0.717) is 0 Å². The lowest BCUT2D eigenvalue weighted by atomic mass is 10.0. The monoisotopic (exact) mass is 235 g/mol. The Balaban J connectivity index is 1.83. The quantitative estimate of drug-likeness (QED) is 0.815. The molecule has 1 unspecified atom stereocenters. The molecule has 1 aromatic carbocycles. The topological polar surface area (TPSA) is 35.2 Å². The Bertz CT molecular complexity index is 350. The fraction of sp³-hybridized carbons (Fsp3) is 0.385. The van der Waals surface area contributed by atoms with Gasteiger partial charge in [0.15, 0.2) is 0 Å². The molecule has 0 radical (unpaired) electrons. The maximum absolute atomic E-state index is 6.13.